The third kappa shape index (κ3) is 2.20. The highest BCUT2D eigenvalue weighted by atomic mass is 16.6. The van der Waals surface area contributed by atoms with Gasteiger partial charge >= 0.3 is 0 Å². The van der Waals surface area contributed by atoms with Gasteiger partial charge < -0.3 is 4.90 Å². The molecule has 18 heavy (non-hydrogen) atoms. The third-order valence-corrected chi connectivity index (χ3v) is 3.44. The van der Waals surface area contributed by atoms with Crippen molar-refractivity contribution in [3.05, 3.63) is 33.9 Å². The van der Waals surface area contributed by atoms with E-state index in [2.05, 4.69) is 11.8 Å². The van der Waals surface area contributed by atoms with E-state index in [1.54, 1.807) is 12.1 Å². The summed E-state index contributed by atoms with van der Waals surface area (Å²) in [6, 6.07) is 5.26. The second kappa shape index (κ2) is 4.76. The molecule has 0 N–H and O–H groups in total. The van der Waals surface area contributed by atoms with E-state index in [0.717, 1.165) is 25.1 Å². The number of nitrogens with zero attached hydrogens (tertiary/aromatic N) is 2. The van der Waals surface area contributed by atoms with E-state index in [4.69, 9.17) is 0 Å². The summed E-state index contributed by atoms with van der Waals surface area (Å²) < 4.78 is 0. The summed E-state index contributed by atoms with van der Waals surface area (Å²) in [5, 5.41) is 11.0. The topological polar surface area (TPSA) is 63.5 Å². The van der Waals surface area contributed by atoms with Gasteiger partial charge in [-0.3, -0.25) is 14.9 Å². The first-order valence-electron chi connectivity index (χ1n) is 6.06. The van der Waals surface area contributed by atoms with Crippen LogP contribution in [0.3, 0.4) is 0 Å². The second-order valence-corrected chi connectivity index (χ2v) is 4.70. The predicted molar refractivity (Wildman–Crippen MR) is 69.1 cm³/mol. The molecule has 1 aliphatic rings. The lowest BCUT2D eigenvalue weighted by Crippen LogP contribution is -2.26. The van der Waals surface area contributed by atoms with Gasteiger partial charge in [0, 0.05) is 24.3 Å². The van der Waals surface area contributed by atoms with Crippen molar-refractivity contribution < 1.29 is 9.72 Å². The van der Waals surface area contributed by atoms with Gasteiger partial charge in [-0.05, 0) is 38.8 Å². The fraction of sp³-hybridized carbons (Fsp3) is 0.462. The number of benzene rings is 1. The normalized spacial score (nSPS) is 19.0. The molecule has 1 aliphatic heterocycles. The van der Waals surface area contributed by atoms with Crippen LogP contribution in [-0.4, -0.2) is 23.3 Å². The van der Waals surface area contributed by atoms with Gasteiger partial charge in [-0.2, -0.15) is 0 Å². The number of ketones is 1. The Morgan fingerprint density at radius 2 is 2.22 bits per heavy atom. The minimum atomic E-state index is -0.485. The van der Waals surface area contributed by atoms with Crippen LogP contribution >= 0.6 is 0 Å². The predicted octanol–water partition coefficient (Wildman–Crippen LogP) is 2.79. The molecule has 1 unspecified atom stereocenters. The molecule has 96 valence electrons. The number of carbonyl (C=O) groups excluding carboxylic acids is 1. The Labute approximate surface area is 106 Å². The van der Waals surface area contributed by atoms with E-state index in [0.29, 0.717) is 6.04 Å². The number of nitro groups is 1. The van der Waals surface area contributed by atoms with Gasteiger partial charge in [0.2, 0.25) is 0 Å². The smallest absolute Gasteiger partial charge is 0.282 e. The maximum Gasteiger partial charge on any atom is 0.282 e. The standard InChI is InChI=1S/C13H16N2O3/c1-9-4-3-7-14(9)11-5-6-12(10(2)16)13(8-11)15(17)18/h5-6,8-9H,3-4,7H2,1-2H3. The number of Topliss-reactive ketones (excluding diaryl/α,β-unsaturated/α-hetero) is 1. The first kappa shape index (κ1) is 12.5. The molecule has 0 radical (unpaired) electrons. The van der Waals surface area contributed by atoms with Gasteiger partial charge in [0.25, 0.3) is 5.69 Å². The molecule has 1 heterocycles. The van der Waals surface area contributed by atoms with Crippen LogP contribution in [0.1, 0.15) is 37.0 Å². The average Bonchev–Trinajstić information content (AvgIpc) is 2.74. The highest BCUT2D eigenvalue weighted by Gasteiger charge is 2.24. The molecule has 0 saturated carbocycles. The quantitative estimate of drug-likeness (QED) is 0.468. The molecule has 5 nitrogen and oxygen atoms in total. The zero-order chi connectivity index (χ0) is 13.3. The molecule has 1 fully saturated rings. The molecule has 0 aromatic heterocycles. The van der Waals surface area contributed by atoms with E-state index in [1.165, 1.54) is 13.0 Å². The Kier molecular flexibility index (Phi) is 3.32. The van der Waals surface area contributed by atoms with Crippen LogP contribution < -0.4 is 4.90 Å². The summed E-state index contributed by atoms with van der Waals surface area (Å²) in [7, 11) is 0. The van der Waals surface area contributed by atoms with Crippen molar-refractivity contribution in [3.63, 3.8) is 0 Å². The van der Waals surface area contributed by atoms with Crippen molar-refractivity contribution >= 4 is 17.2 Å². The first-order chi connectivity index (χ1) is 8.50. The molecule has 5 heteroatoms. The summed E-state index contributed by atoms with van der Waals surface area (Å²) in [6.45, 7) is 4.37. The molecular weight excluding hydrogens is 232 g/mol. The summed E-state index contributed by atoms with van der Waals surface area (Å²) >= 11 is 0. The van der Waals surface area contributed by atoms with E-state index in [9.17, 15) is 14.9 Å². The summed E-state index contributed by atoms with van der Waals surface area (Å²) in [6.07, 6.45) is 2.20. The van der Waals surface area contributed by atoms with Gasteiger partial charge in [-0.15, -0.1) is 0 Å². The first-order valence-corrected chi connectivity index (χ1v) is 6.06. The molecule has 0 bridgehead atoms. The van der Waals surface area contributed by atoms with Crippen molar-refractivity contribution in [2.75, 3.05) is 11.4 Å². The fourth-order valence-electron chi connectivity index (χ4n) is 2.46. The number of rotatable bonds is 3. The van der Waals surface area contributed by atoms with Crippen LogP contribution in [0.15, 0.2) is 18.2 Å². The highest BCUT2D eigenvalue weighted by Crippen LogP contribution is 2.30. The van der Waals surface area contributed by atoms with Gasteiger partial charge in [0.15, 0.2) is 5.78 Å². The maximum atomic E-state index is 11.3. The van der Waals surface area contributed by atoms with Crippen LogP contribution in [-0.2, 0) is 0 Å². The summed E-state index contributed by atoms with van der Waals surface area (Å²) in [5.41, 5.74) is 0.909. The van der Waals surface area contributed by atoms with Crippen molar-refractivity contribution in [1.82, 2.24) is 0 Å². The number of anilines is 1. The molecule has 0 aliphatic carbocycles. The SMILES string of the molecule is CC(=O)c1ccc(N2CCCC2C)cc1[N+](=O)[O-]. The molecule has 2 rings (SSSR count). The fourth-order valence-corrected chi connectivity index (χ4v) is 2.46. The zero-order valence-electron chi connectivity index (χ0n) is 10.5. The Hall–Kier alpha value is -1.91. The van der Waals surface area contributed by atoms with E-state index >= 15 is 0 Å². The zero-order valence-corrected chi connectivity index (χ0v) is 10.5. The molecule has 1 aromatic carbocycles. The number of nitro benzene ring substituents is 1. The number of hydrogen-bond acceptors (Lipinski definition) is 4. The molecule has 1 aromatic rings. The summed E-state index contributed by atoms with van der Waals surface area (Å²) in [5.74, 6) is -0.275. The van der Waals surface area contributed by atoms with E-state index < -0.39 is 4.92 Å². The number of hydrogen-bond donors (Lipinski definition) is 0. The molecule has 0 spiro atoms. The van der Waals surface area contributed by atoms with Crippen LogP contribution in [0.2, 0.25) is 0 Å². The highest BCUT2D eigenvalue weighted by molar-refractivity contribution is 5.98. The molecule has 1 atom stereocenters. The Morgan fingerprint density at radius 3 is 2.72 bits per heavy atom. The monoisotopic (exact) mass is 248 g/mol. The molecular formula is C13H16N2O3. The van der Waals surface area contributed by atoms with Crippen LogP contribution in [0, 0.1) is 10.1 Å². The Morgan fingerprint density at radius 1 is 1.50 bits per heavy atom. The Bertz CT molecular complexity index is 499. The van der Waals surface area contributed by atoms with Crippen molar-refractivity contribution in [3.8, 4) is 0 Å². The van der Waals surface area contributed by atoms with Gasteiger partial charge in [0.05, 0.1) is 10.5 Å². The molecule has 1 saturated heterocycles. The van der Waals surface area contributed by atoms with Crippen molar-refractivity contribution in [1.29, 1.82) is 0 Å². The van der Waals surface area contributed by atoms with Gasteiger partial charge in [-0.25, -0.2) is 0 Å². The van der Waals surface area contributed by atoms with Gasteiger partial charge in [0.1, 0.15) is 0 Å². The average molecular weight is 248 g/mol. The summed E-state index contributed by atoms with van der Waals surface area (Å²) in [4.78, 5) is 24.0. The lowest BCUT2D eigenvalue weighted by atomic mass is 10.1. The number of carbonyl (C=O) groups is 1. The largest absolute Gasteiger partial charge is 0.369 e. The maximum absolute atomic E-state index is 11.3. The second-order valence-electron chi connectivity index (χ2n) is 4.70. The van der Waals surface area contributed by atoms with Crippen LogP contribution in [0.4, 0.5) is 11.4 Å². The third-order valence-electron chi connectivity index (χ3n) is 3.44. The van der Waals surface area contributed by atoms with E-state index in [-0.39, 0.29) is 17.0 Å². The van der Waals surface area contributed by atoms with Crippen LogP contribution in [0.5, 0.6) is 0 Å². The van der Waals surface area contributed by atoms with Gasteiger partial charge in [-0.1, -0.05) is 0 Å². The van der Waals surface area contributed by atoms with E-state index in [1.807, 2.05) is 0 Å². The minimum Gasteiger partial charge on any atom is -0.369 e. The van der Waals surface area contributed by atoms with Crippen molar-refractivity contribution in [2.45, 2.75) is 32.7 Å². The minimum absolute atomic E-state index is 0.0981. The molecule has 0 amide bonds. The van der Waals surface area contributed by atoms with Crippen LogP contribution in [0.25, 0.3) is 0 Å². The van der Waals surface area contributed by atoms with Crippen molar-refractivity contribution in [2.24, 2.45) is 0 Å². The lowest BCUT2D eigenvalue weighted by molar-refractivity contribution is -0.385. The Balaban J connectivity index is 2.43. The lowest BCUT2D eigenvalue weighted by Gasteiger charge is -2.23.